The van der Waals surface area contributed by atoms with Crippen LogP contribution in [-0.2, 0) is 0 Å². The molecule has 0 fully saturated rings. The molecule has 0 saturated carbocycles. The van der Waals surface area contributed by atoms with Crippen molar-refractivity contribution in [2.75, 3.05) is 13.1 Å². The highest BCUT2D eigenvalue weighted by Crippen LogP contribution is 2.22. The van der Waals surface area contributed by atoms with Crippen LogP contribution in [0.5, 0.6) is 0 Å². The first kappa shape index (κ1) is 13.6. The van der Waals surface area contributed by atoms with E-state index in [4.69, 9.17) is 0 Å². The molecule has 0 unspecified atom stereocenters. The molecule has 0 aliphatic carbocycles. The van der Waals surface area contributed by atoms with Gasteiger partial charge in [0.2, 0.25) is 0 Å². The topological polar surface area (TPSA) is 3.24 Å². The van der Waals surface area contributed by atoms with Crippen molar-refractivity contribution < 1.29 is 0 Å². The third-order valence-electron chi connectivity index (χ3n) is 2.43. The summed E-state index contributed by atoms with van der Waals surface area (Å²) < 4.78 is 2.47. The fourth-order valence-corrected chi connectivity index (χ4v) is 2.42. The predicted molar refractivity (Wildman–Crippen MR) is 72.5 cm³/mol. The number of hydrogen-bond acceptors (Lipinski definition) is 2. The van der Waals surface area contributed by atoms with E-state index in [0.29, 0.717) is 0 Å². The molecule has 0 amide bonds. The largest absolute Gasteiger partial charge is 0.246 e. The van der Waals surface area contributed by atoms with E-state index in [1.165, 1.54) is 43.7 Å². The van der Waals surface area contributed by atoms with Crippen LogP contribution in [0.15, 0.2) is 29.2 Å². The standard InChI is InChI=1S/C14H22NS/c1-3-5-12-15(13-6-4-2)16-14-10-8-7-9-11-14/h7-10H,3-6,12-13H2,1-2H3. The van der Waals surface area contributed by atoms with Gasteiger partial charge in [0.05, 0.1) is 0 Å². The van der Waals surface area contributed by atoms with Crippen molar-refractivity contribution in [1.29, 1.82) is 0 Å². The zero-order valence-electron chi connectivity index (χ0n) is 10.4. The van der Waals surface area contributed by atoms with Gasteiger partial charge in [-0.05, 0) is 36.9 Å². The summed E-state index contributed by atoms with van der Waals surface area (Å²) in [7, 11) is 0. The highest BCUT2D eigenvalue weighted by Gasteiger charge is 2.05. The Balaban J connectivity index is 2.42. The summed E-state index contributed by atoms with van der Waals surface area (Å²) in [5.74, 6) is 0. The third kappa shape index (κ3) is 5.57. The maximum atomic E-state index is 3.27. The molecule has 0 aliphatic rings. The summed E-state index contributed by atoms with van der Waals surface area (Å²) in [5, 5.41) is 0. The maximum Gasteiger partial charge on any atom is 0.0309 e. The number of rotatable bonds is 8. The molecule has 0 heterocycles. The molecule has 0 saturated heterocycles. The summed E-state index contributed by atoms with van der Waals surface area (Å²) in [5.41, 5.74) is 0. The molecule has 89 valence electrons. The lowest BCUT2D eigenvalue weighted by Gasteiger charge is -2.20. The van der Waals surface area contributed by atoms with E-state index in [1.807, 2.05) is 24.1 Å². The van der Waals surface area contributed by atoms with Crippen molar-refractivity contribution in [3.05, 3.63) is 30.3 Å². The summed E-state index contributed by atoms with van der Waals surface area (Å²) in [6, 6.07) is 11.5. The minimum absolute atomic E-state index is 1.18. The van der Waals surface area contributed by atoms with Crippen molar-refractivity contribution in [2.24, 2.45) is 0 Å². The van der Waals surface area contributed by atoms with Crippen LogP contribution in [-0.4, -0.2) is 17.4 Å². The van der Waals surface area contributed by atoms with Gasteiger partial charge in [-0.2, -0.15) is 0 Å². The second kappa shape index (κ2) is 8.66. The summed E-state index contributed by atoms with van der Waals surface area (Å²) in [6.45, 7) is 6.86. The van der Waals surface area contributed by atoms with Gasteiger partial charge < -0.3 is 0 Å². The lowest BCUT2D eigenvalue weighted by molar-refractivity contribution is 0.444. The molecule has 1 rings (SSSR count). The number of unbranched alkanes of at least 4 members (excludes halogenated alkanes) is 2. The molecular formula is C14H22NS. The van der Waals surface area contributed by atoms with Gasteiger partial charge in [0, 0.05) is 18.0 Å². The van der Waals surface area contributed by atoms with E-state index in [2.05, 4.69) is 36.4 Å². The lowest BCUT2D eigenvalue weighted by atomic mass is 10.3. The monoisotopic (exact) mass is 236 g/mol. The van der Waals surface area contributed by atoms with Crippen LogP contribution in [0.1, 0.15) is 39.5 Å². The van der Waals surface area contributed by atoms with E-state index >= 15 is 0 Å². The number of benzene rings is 1. The smallest absolute Gasteiger partial charge is 0.0309 e. The Bertz CT molecular complexity index is 253. The molecule has 0 N–H and O–H groups in total. The predicted octanol–water partition coefficient (Wildman–Crippen LogP) is 4.40. The second-order valence-corrected chi connectivity index (χ2v) is 5.09. The Labute approximate surface area is 104 Å². The molecule has 1 nitrogen and oxygen atoms in total. The van der Waals surface area contributed by atoms with Gasteiger partial charge in [-0.15, -0.1) is 0 Å². The third-order valence-corrected chi connectivity index (χ3v) is 3.50. The maximum absolute atomic E-state index is 3.27. The minimum atomic E-state index is 1.18. The zero-order chi connectivity index (χ0) is 11.6. The fraction of sp³-hybridized carbons (Fsp3) is 0.571. The van der Waals surface area contributed by atoms with Crippen LogP contribution in [0.4, 0.5) is 0 Å². The van der Waals surface area contributed by atoms with E-state index in [9.17, 15) is 0 Å². The van der Waals surface area contributed by atoms with E-state index in [0.717, 1.165) is 0 Å². The summed E-state index contributed by atoms with van der Waals surface area (Å²) in [6.07, 6.45) is 5.09. The zero-order valence-corrected chi connectivity index (χ0v) is 11.2. The van der Waals surface area contributed by atoms with Gasteiger partial charge in [-0.3, -0.25) is 0 Å². The van der Waals surface area contributed by atoms with Crippen LogP contribution in [0, 0.1) is 6.07 Å². The quantitative estimate of drug-likeness (QED) is 0.616. The molecule has 0 spiro atoms. The molecule has 0 aliphatic heterocycles. The van der Waals surface area contributed by atoms with Gasteiger partial charge in [-0.25, -0.2) is 4.31 Å². The summed E-state index contributed by atoms with van der Waals surface area (Å²) in [4.78, 5) is 1.23. The molecular weight excluding hydrogens is 214 g/mol. The Morgan fingerprint density at radius 3 is 2.31 bits per heavy atom. The second-order valence-electron chi connectivity index (χ2n) is 3.95. The minimum Gasteiger partial charge on any atom is -0.246 e. The molecule has 1 aromatic carbocycles. The average molecular weight is 236 g/mol. The summed E-state index contributed by atoms with van der Waals surface area (Å²) >= 11 is 1.85. The van der Waals surface area contributed by atoms with E-state index < -0.39 is 0 Å². The molecule has 1 radical (unpaired) electrons. The fourth-order valence-electron chi connectivity index (χ4n) is 1.44. The van der Waals surface area contributed by atoms with Crippen molar-refractivity contribution in [3.8, 4) is 0 Å². The van der Waals surface area contributed by atoms with Crippen molar-refractivity contribution in [1.82, 2.24) is 4.31 Å². The molecule has 0 bridgehead atoms. The normalized spacial score (nSPS) is 10.9. The Morgan fingerprint density at radius 2 is 1.81 bits per heavy atom. The Kier molecular flexibility index (Phi) is 7.35. The van der Waals surface area contributed by atoms with Crippen LogP contribution < -0.4 is 0 Å². The molecule has 16 heavy (non-hydrogen) atoms. The number of nitrogens with zero attached hydrogens (tertiary/aromatic N) is 1. The molecule has 1 aromatic rings. The SMILES string of the molecule is CCCCN(CCCC)Sc1[c]cccc1. The van der Waals surface area contributed by atoms with Crippen LogP contribution in [0.3, 0.4) is 0 Å². The van der Waals surface area contributed by atoms with E-state index in [1.54, 1.807) is 0 Å². The Morgan fingerprint density at radius 1 is 1.12 bits per heavy atom. The molecule has 2 heteroatoms. The molecule has 0 atom stereocenters. The lowest BCUT2D eigenvalue weighted by Crippen LogP contribution is -2.18. The number of hydrogen-bond donors (Lipinski definition) is 0. The first-order valence-electron chi connectivity index (χ1n) is 6.26. The molecule has 0 aromatic heterocycles. The van der Waals surface area contributed by atoms with E-state index in [-0.39, 0.29) is 0 Å². The highest BCUT2D eigenvalue weighted by molar-refractivity contribution is 7.97. The van der Waals surface area contributed by atoms with Crippen LogP contribution >= 0.6 is 11.9 Å². The van der Waals surface area contributed by atoms with Crippen molar-refractivity contribution in [3.63, 3.8) is 0 Å². The highest BCUT2D eigenvalue weighted by atomic mass is 32.2. The Hall–Kier alpha value is -0.470. The van der Waals surface area contributed by atoms with Gasteiger partial charge >= 0.3 is 0 Å². The first-order chi connectivity index (χ1) is 7.86. The van der Waals surface area contributed by atoms with Crippen molar-refractivity contribution in [2.45, 2.75) is 44.4 Å². The van der Waals surface area contributed by atoms with Gasteiger partial charge in [0.25, 0.3) is 0 Å². The van der Waals surface area contributed by atoms with Gasteiger partial charge in [-0.1, -0.05) is 44.9 Å². The first-order valence-corrected chi connectivity index (χ1v) is 7.03. The van der Waals surface area contributed by atoms with Crippen molar-refractivity contribution >= 4 is 11.9 Å². The van der Waals surface area contributed by atoms with Crippen LogP contribution in [0.2, 0.25) is 0 Å². The average Bonchev–Trinajstić information content (AvgIpc) is 2.34. The van der Waals surface area contributed by atoms with Gasteiger partial charge in [0.1, 0.15) is 0 Å². The van der Waals surface area contributed by atoms with Crippen LogP contribution in [0.25, 0.3) is 0 Å². The van der Waals surface area contributed by atoms with Gasteiger partial charge in [0.15, 0.2) is 0 Å².